The molecule has 3 nitrogen and oxygen atoms in total. The monoisotopic (exact) mass is 341 g/mol. The fourth-order valence-corrected chi connectivity index (χ4v) is 1.50. The van der Waals surface area contributed by atoms with Gasteiger partial charge in [0.1, 0.15) is 5.82 Å². The van der Waals surface area contributed by atoms with Crippen LogP contribution in [0.5, 0.6) is 0 Å². The van der Waals surface area contributed by atoms with E-state index in [4.69, 9.17) is 5.53 Å². The summed E-state index contributed by atoms with van der Waals surface area (Å²) in [6.07, 6.45) is 0. The number of azide groups is 1. The number of benzene rings is 1. The zero-order valence-corrected chi connectivity index (χ0v) is 9.37. The van der Waals surface area contributed by atoms with Gasteiger partial charge in [-0.15, -0.1) is 0 Å². The highest BCUT2D eigenvalue weighted by Crippen LogP contribution is 2.30. The largest absolute Gasteiger partial charge is 0.205 e. The van der Waals surface area contributed by atoms with Gasteiger partial charge in [0.25, 0.3) is 0 Å². The van der Waals surface area contributed by atoms with Crippen molar-refractivity contribution in [1.29, 1.82) is 0 Å². The van der Waals surface area contributed by atoms with Gasteiger partial charge in [-0.1, -0.05) is 5.11 Å². The average molecular weight is 342 g/mol. The molecular formula is C6H2BrFIN3. The van der Waals surface area contributed by atoms with E-state index in [-0.39, 0.29) is 5.69 Å². The molecule has 0 aromatic heterocycles. The fourth-order valence-electron chi connectivity index (χ4n) is 0.653. The molecule has 1 aromatic rings. The van der Waals surface area contributed by atoms with Crippen molar-refractivity contribution in [2.45, 2.75) is 0 Å². The van der Waals surface area contributed by atoms with Crippen LogP contribution in [0.15, 0.2) is 21.7 Å². The van der Waals surface area contributed by atoms with Crippen LogP contribution in [-0.4, -0.2) is 0 Å². The third-order valence-corrected chi connectivity index (χ3v) is 2.65. The molecule has 0 aliphatic rings. The first kappa shape index (κ1) is 9.76. The third-order valence-electron chi connectivity index (χ3n) is 1.16. The van der Waals surface area contributed by atoms with Crippen molar-refractivity contribution in [3.8, 4) is 0 Å². The lowest BCUT2D eigenvalue weighted by Gasteiger charge is -1.99. The van der Waals surface area contributed by atoms with Crippen molar-refractivity contribution >= 4 is 44.2 Å². The smallest absolute Gasteiger partial charge is 0.148 e. The SMILES string of the molecule is [N-]=[N+]=Nc1c(I)ccc(Br)c1F. The van der Waals surface area contributed by atoms with Gasteiger partial charge < -0.3 is 0 Å². The summed E-state index contributed by atoms with van der Waals surface area (Å²) in [6, 6.07) is 3.23. The highest BCUT2D eigenvalue weighted by atomic mass is 127. The van der Waals surface area contributed by atoms with E-state index in [9.17, 15) is 4.39 Å². The van der Waals surface area contributed by atoms with Gasteiger partial charge in [0.15, 0.2) is 0 Å². The van der Waals surface area contributed by atoms with Crippen LogP contribution in [0, 0.1) is 9.39 Å². The number of hydrogen-bond acceptors (Lipinski definition) is 1. The Bertz CT molecular complexity index is 362. The summed E-state index contributed by atoms with van der Waals surface area (Å²) in [5.74, 6) is -0.528. The molecule has 0 aliphatic heterocycles. The highest BCUT2D eigenvalue weighted by molar-refractivity contribution is 14.1. The molecule has 0 unspecified atom stereocenters. The van der Waals surface area contributed by atoms with Crippen molar-refractivity contribution in [2.24, 2.45) is 5.11 Å². The molecule has 0 heterocycles. The van der Waals surface area contributed by atoms with Gasteiger partial charge in [-0.3, -0.25) is 0 Å². The Morgan fingerprint density at radius 2 is 2.25 bits per heavy atom. The molecule has 6 heteroatoms. The summed E-state index contributed by atoms with van der Waals surface area (Å²) in [4.78, 5) is 2.53. The average Bonchev–Trinajstić information content (AvgIpc) is 2.06. The molecule has 0 fully saturated rings. The minimum absolute atomic E-state index is 0.0347. The third kappa shape index (κ3) is 1.88. The summed E-state index contributed by atoms with van der Waals surface area (Å²) in [7, 11) is 0. The molecule has 0 radical (unpaired) electrons. The number of rotatable bonds is 1. The van der Waals surface area contributed by atoms with Crippen molar-refractivity contribution < 1.29 is 4.39 Å². The first-order chi connectivity index (χ1) is 5.66. The molecule has 12 heavy (non-hydrogen) atoms. The number of halogens is 3. The van der Waals surface area contributed by atoms with Crippen LogP contribution in [0.4, 0.5) is 10.1 Å². The van der Waals surface area contributed by atoms with E-state index in [0.717, 1.165) is 0 Å². The minimum Gasteiger partial charge on any atom is -0.205 e. The van der Waals surface area contributed by atoms with Crippen molar-refractivity contribution in [3.63, 3.8) is 0 Å². The van der Waals surface area contributed by atoms with Crippen molar-refractivity contribution in [2.75, 3.05) is 0 Å². The van der Waals surface area contributed by atoms with E-state index in [1.54, 1.807) is 12.1 Å². The van der Waals surface area contributed by atoms with Gasteiger partial charge in [0, 0.05) is 8.48 Å². The molecule has 0 atom stereocenters. The molecule has 0 aliphatic carbocycles. The summed E-state index contributed by atoms with van der Waals surface area (Å²) in [5, 5.41) is 3.23. The Kier molecular flexibility index (Phi) is 3.30. The molecule has 0 N–H and O–H groups in total. The standard InChI is InChI=1S/C6H2BrFIN3/c7-3-1-2-4(9)6(5(3)8)11-12-10/h1-2H. The lowest BCUT2D eigenvalue weighted by atomic mass is 10.3. The van der Waals surface area contributed by atoms with E-state index < -0.39 is 5.82 Å². The van der Waals surface area contributed by atoms with Crippen LogP contribution < -0.4 is 0 Å². The maximum atomic E-state index is 13.1. The maximum Gasteiger partial charge on any atom is 0.148 e. The van der Waals surface area contributed by atoms with Crippen LogP contribution >= 0.6 is 38.5 Å². The normalized spacial score (nSPS) is 9.25. The predicted octanol–water partition coefficient (Wildman–Crippen LogP) is 4.13. The summed E-state index contributed by atoms with van der Waals surface area (Å²) in [5.41, 5.74) is 8.17. The lowest BCUT2D eigenvalue weighted by Crippen LogP contribution is -1.81. The first-order valence-corrected chi connectivity index (χ1v) is 4.72. The predicted molar refractivity (Wildman–Crippen MR) is 55.6 cm³/mol. The maximum absolute atomic E-state index is 13.1. The summed E-state index contributed by atoms with van der Waals surface area (Å²) >= 11 is 4.89. The molecule has 1 aromatic carbocycles. The zero-order valence-electron chi connectivity index (χ0n) is 5.63. The van der Waals surface area contributed by atoms with Crippen molar-refractivity contribution in [3.05, 3.63) is 36.4 Å². The van der Waals surface area contributed by atoms with Crippen LogP contribution in [0.2, 0.25) is 0 Å². The Morgan fingerprint density at radius 3 is 2.83 bits per heavy atom. The topological polar surface area (TPSA) is 48.8 Å². The van der Waals surface area contributed by atoms with Crippen LogP contribution in [0.1, 0.15) is 0 Å². The van der Waals surface area contributed by atoms with Crippen LogP contribution in [0.3, 0.4) is 0 Å². The number of hydrogen-bond donors (Lipinski definition) is 0. The fraction of sp³-hybridized carbons (Fsp3) is 0. The number of nitrogens with zero attached hydrogens (tertiary/aromatic N) is 3. The Morgan fingerprint density at radius 1 is 1.58 bits per heavy atom. The Labute approximate surface area is 89.9 Å². The molecule has 62 valence electrons. The molecule has 0 amide bonds. The molecule has 0 saturated heterocycles. The van der Waals surface area contributed by atoms with Crippen LogP contribution in [-0.2, 0) is 0 Å². The van der Waals surface area contributed by atoms with E-state index in [1.807, 2.05) is 22.6 Å². The van der Waals surface area contributed by atoms with Gasteiger partial charge in [-0.05, 0) is 56.2 Å². The second-order valence-corrected chi connectivity index (χ2v) is 3.90. The summed E-state index contributed by atoms with van der Waals surface area (Å²) < 4.78 is 14.0. The van der Waals surface area contributed by atoms with Gasteiger partial charge in [-0.2, -0.15) is 0 Å². The molecule has 0 bridgehead atoms. The van der Waals surface area contributed by atoms with E-state index in [2.05, 4.69) is 26.0 Å². The zero-order chi connectivity index (χ0) is 9.14. The Balaban J connectivity index is 3.42. The second-order valence-electron chi connectivity index (χ2n) is 1.88. The minimum atomic E-state index is -0.528. The lowest BCUT2D eigenvalue weighted by molar-refractivity contribution is 0.622. The van der Waals surface area contributed by atoms with Crippen LogP contribution in [0.25, 0.3) is 10.4 Å². The quantitative estimate of drug-likeness (QED) is 0.242. The van der Waals surface area contributed by atoms with Gasteiger partial charge in [0.05, 0.1) is 10.2 Å². The molecule has 0 spiro atoms. The second kappa shape index (κ2) is 4.06. The highest BCUT2D eigenvalue weighted by Gasteiger charge is 2.07. The van der Waals surface area contributed by atoms with E-state index in [1.165, 1.54) is 0 Å². The summed E-state index contributed by atoms with van der Waals surface area (Å²) in [6.45, 7) is 0. The van der Waals surface area contributed by atoms with Gasteiger partial charge in [0.2, 0.25) is 0 Å². The van der Waals surface area contributed by atoms with Gasteiger partial charge >= 0.3 is 0 Å². The van der Waals surface area contributed by atoms with Gasteiger partial charge in [-0.25, -0.2) is 4.39 Å². The molecule has 0 saturated carbocycles. The van der Waals surface area contributed by atoms with Crippen molar-refractivity contribution in [1.82, 2.24) is 0 Å². The Hall–Kier alpha value is -0.330. The molecule has 1 rings (SSSR count). The molecular weight excluding hydrogens is 340 g/mol. The van der Waals surface area contributed by atoms with E-state index in [0.29, 0.717) is 8.04 Å². The first-order valence-electron chi connectivity index (χ1n) is 2.85. The van der Waals surface area contributed by atoms with E-state index >= 15 is 0 Å².